The van der Waals surface area contributed by atoms with Crippen molar-refractivity contribution < 1.29 is 9.59 Å². The second kappa shape index (κ2) is 4.53. The third-order valence-corrected chi connectivity index (χ3v) is 5.41. The maximum absolute atomic E-state index is 11.6. The van der Waals surface area contributed by atoms with E-state index in [4.69, 9.17) is 23.2 Å². The van der Waals surface area contributed by atoms with Crippen molar-refractivity contribution in [2.24, 2.45) is 0 Å². The molecule has 0 radical (unpaired) electrons. The summed E-state index contributed by atoms with van der Waals surface area (Å²) in [5.41, 5.74) is 1.94. The molecule has 0 saturated heterocycles. The summed E-state index contributed by atoms with van der Waals surface area (Å²) in [6, 6.07) is 1.82. The number of benzene rings is 1. The highest BCUT2D eigenvalue weighted by Crippen LogP contribution is 2.44. The fourth-order valence-electron chi connectivity index (χ4n) is 2.28. The Balaban J connectivity index is 2.51. The van der Waals surface area contributed by atoms with Crippen molar-refractivity contribution in [3.05, 3.63) is 28.1 Å². The molecule has 1 aromatic carbocycles. The topological polar surface area (TPSA) is 34.1 Å². The molecule has 18 heavy (non-hydrogen) atoms. The van der Waals surface area contributed by atoms with Crippen LogP contribution in [-0.4, -0.2) is 16.2 Å². The number of carbonyl (C=O) groups is 2. The highest BCUT2D eigenvalue weighted by Gasteiger charge is 2.28. The second-order valence-corrected chi connectivity index (χ2v) is 6.57. The Morgan fingerprint density at radius 1 is 1.17 bits per heavy atom. The predicted molar refractivity (Wildman–Crippen MR) is 76.6 cm³/mol. The van der Waals surface area contributed by atoms with E-state index >= 15 is 0 Å². The molecule has 0 spiro atoms. The zero-order chi connectivity index (χ0) is 12.9. The maximum atomic E-state index is 11.6. The van der Waals surface area contributed by atoms with Crippen LogP contribution in [0, 0.1) is 0 Å². The lowest BCUT2D eigenvalue weighted by atomic mass is 9.99. The van der Waals surface area contributed by atoms with Gasteiger partial charge in [-0.05, 0) is 46.6 Å². The van der Waals surface area contributed by atoms with E-state index in [-0.39, 0.29) is 0 Å². The molecule has 0 fully saturated rings. The standard InChI is InChI=1S/C12H6Cl2O2S2/c13-11(15)7-5-1-3-17-9(5)8(12(14)16)6-2-4-18-10(6)7/h1,3H,2,4H2. The minimum Gasteiger partial charge on any atom is -0.276 e. The quantitative estimate of drug-likeness (QED) is 0.774. The van der Waals surface area contributed by atoms with Gasteiger partial charge in [0.05, 0.1) is 11.1 Å². The largest absolute Gasteiger partial charge is 0.276 e. The number of fused-ring (bicyclic) bond motifs is 2. The first-order chi connectivity index (χ1) is 8.61. The lowest BCUT2D eigenvalue weighted by Gasteiger charge is -2.10. The molecule has 0 aliphatic carbocycles. The average molecular weight is 317 g/mol. The summed E-state index contributed by atoms with van der Waals surface area (Å²) < 4.78 is 0.764. The van der Waals surface area contributed by atoms with Gasteiger partial charge in [-0.3, -0.25) is 9.59 Å². The first-order valence-corrected chi connectivity index (χ1v) is 7.82. The number of rotatable bonds is 2. The van der Waals surface area contributed by atoms with Gasteiger partial charge in [-0.15, -0.1) is 23.1 Å². The van der Waals surface area contributed by atoms with Gasteiger partial charge in [0.25, 0.3) is 10.5 Å². The third kappa shape index (κ3) is 1.71. The van der Waals surface area contributed by atoms with E-state index in [1.54, 1.807) is 11.8 Å². The van der Waals surface area contributed by atoms with Crippen LogP contribution in [0.1, 0.15) is 26.3 Å². The molecule has 0 saturated carbocycles. The number of thiophene rings is 1. The molecule has 0 N–H and O–H groups in total. The molecule has 1 aromatic heterocycles. The van der Waals surface area contributed by atoms with Gasteiger partial charge in [0.1, 0.15) is 0 Å². The predicted octanol–water partition coefficient (Wildman–Crippen LogP) is 4.31. The Bertz CT molecular complexity index is 635. The summed E-state index contributed by atoms with van der Waals surface area (Å²) in [6.45, 7) is 0. The summed E-state index contributed by atoms with van der Waals surface area (Å²) in [5, 5.41) is 1.64. The van der Waals surface area contributed by atoms with E-state index in [9.17, 15) is 9.59 Å². The van der Waals surface area contributed by atoms with Crippen molar-refractivity contribution in [1.82, 2.24) is 0 Å². The van der Waals surface area contributed by atoms with E-state index in [2.05, 4.69) is 0 Å². The average Bonchev–Trinajstić information content (AvgIpc) is 2.91. The number of carbonyl (C=O) groups excluding carboxylic acids is 2. The normalized spacial score (nSPS) is 13.9. The first kappa shape index (κ1) is 12.5. The van der Waals surface area contributed by atoms with Crippen molar-refractivity contribution in [1.29, 1.82) is 0 Å². The molecule has 2 heterocycles. The Kier molecular flexibility index (Phi) is 3.14. The zero-order valence-electron chi connectivity index (χ0n) is 8.96. The van der Waals surface area contributed by atoms with E-state index in [0.29, 0.717) is 11.1 Å². The molecular formula is C12H6Cl2O2S2. The Hall–Kier alpha value is -0.550. The number of halogens is 2. The minimum absolute atomic E-state index is 0.463. The monoisotopic (exact) mass is 316 g/mol. The summed E-state index contributed by atoms with van der Waals surface area (Å²) in [7, 11) is 0. The summed E-state index contributed by atoms with van der Waals surface area (Å²) in [4.78, 5) is 24.1. The van der Waals surface area contributed by atoms with Gasteiger partial charge in [-0.25, -0.2) is 0 Å². The van der Waals surface area contributed by atoms with Crippen molar-refractivity contribution >= 4 is 66.9 Å². The van der Waals surface area contributed by atoms with Crippen molar-refractivity contribution in [3.8, 4) is 0 Å². The summed E-state index contributed by atoms with van der Waals surface area (Å²) >= 11 is 14.4. The van der Waals surface area contributed by atoms with Crippen molar-refractivity contribution in [3.63, 3.8) is 0 Å². The summed E-state index contributed by atoms with van der Waals surface area (Å²) in [6.07, 6.45) is 0.749. The number of thioether (sulfide) groups is 1. The van der Waals surface area contributed by atoms with Gasteiger partial charge in [-0.1, -0.05) is 0 Å². The van der Waals surface area contributed by atoms with Crippen molar-refractivity contribution in [2.75, 3.05) is 5.75 Å². The zero-order valence-corrected chi connectivity index (χ0v) is 12.1. The number of hydrogen-bond acceptors (Lipinski definition) is 4. The smallest absolute Gasteiger partial charge is 0.254 e. The van der Waals surface area contributed by atoms with Gasteiger partial charge < -0.3 is 0 Å². The molecule has 1 aliphatic rings. The van der Waals surface area contributed by atoms with Crippen molar-refractivity contribution in [2.45, 2.75) is 11.3 Å². The SMILES string of the molecule is O=C(Cl)c1c2c(c(C(=O)Cl)c3sccc13)CCS2. The van der Waals surface area contributed by atoms with E-state index in [1.807, 2.05) is 11.4 Å². The van der Waals surface area contributed by atoms with Crippen LogP contribution in [0.4, 0.5) is 0 Å². The van der Waals surface area contributed by atoms with Gasteiger partial charge in [-0.2, -0.15) is 0 Å². The third-order valence-electron chi connectivity index (χ3n) is 2.96. The molecule has 2 aromatic rings. The Labute approximate surface area is 121 Å². The van der Waals surface area contributed by atoms with E-state index in [1.165, 1.54) is 11.3 Å². The Morgan fingerprint density at radius 3 is 2.56 bits per heavy atom. The fourth-order valence-corrected chi connectivity index (χ4v) is 5.00. The summed E-state index contributed by atoms with van der Waals surface area (Å²) in [5.74, 6) is 0.848. The molecular weight excluding hydrogens is 311 g/mol. The van der Waals surface area contributed by atoms with Crippen LogP contribution in [0.3, 0.4) is 0 Å². The second-order valence-electron chi connectivity index (χ2n) is 3.87. The molecule has 0 bridgehead atoms. The molecule has 6 heteroatoms. The highest BCUT2D eigenvalue weighted by molar-refractivity contribution is 7.99. The van der Waals surface area contributed by atoms with Crippen LogP contribution >= 0.6 is 46.3 Å². The van der Waals surface area contributed by atoms with E-state index in [0.717, 1.165) is 32.7 Å². The van der Waals surface area contributed by atoms with Crippen LogP contribution in [0.25, 0.3) is 10.1 Å². The lowest BCUT2D eigenvalue weighted by Crippen LogP contribution is -2.02. The van der Waals surface area contributed by atoms with Crippen LogP contribution in [-0.2, 0) is 6.42 Å². The first-order valence-electron chi connectivity index (χ1n) is 5.19. The van der Waals surface area contributed by atoms with Crippen LogP contribution in [0.2, 0.25) is 0 Å². The molecule has 92 valence electrons. The van der Waals surface area contributed by atoms with Gasteiger partial charge in [0.2, 0.25) is 0 Å². The minimum atomic E-state index is -0.474. The van der Waals surface area contributed by atoms with Crippen LogP contribution in [0.5, 0.6) is 0 Å². The highest BCUT2D eigenvalue weighted by atomic mass is 35.5. The van der Waals surface area contributed by atoms with Gasteiger partial charge in [0, 0.05) is 20.7 Å². The molecule has 0 amide bonds. The molecule has 1 aliphatic heterocycles. The molecule has 0 atom stereocenters. The van der Waals surface area contributed by atoms with E-state index < -0.39 is 10.5 Å². The van der Waals surface area contributed by atoms with Crippen LogP contribution in [0.15, 0.2) is 16.3 Å². The molecule has 0 unspecified atom stereocenters. The van der Waals surface area contributed by atoms with Gasteiger partial charge >= 0.3 is 0 Å². The molecule has 3 rings (SSSR count). The van der Waals surface area contributed by atoms with Gasteiger partial charge in [0.15, 0.2) is 0 Å². The Morgan fingerprint density at radius 2 is 1.89 bits per heavy atom. The fraction of sp³-hybridized carbons (Fsp3) is 0.167. The lowest BCUT2D eigenvalue weighted by molar-refractivity contribution is 0.107. The van der Waals surface area contributed by atoms with Crippen LogP contribution < -0.4 is 0 Å². The number of hydrogen-bond donors (Lipinski definition) is 0. The molecule has 2 nitrogen and oxygen atoms in total. The maximum Gasteiger partial charge on any atom is 0.254 e.